The van der Waals surface area contributed by atoms with E-state index in [1.165, 1.54) is 6.07 Å². The van der Waals surface area contributed by atoms with Gasteiger partial charge in [0, 0.05) is 17.5 Å². The third-order valence-electron chi connectivity index (χ3n) is 5.67. The maximum Gasteiger partial charge on any atom is 0.416 e. The first-order valence-electron chi connectivity index (χ1n) is 8.90. The Morgan fingerprint density at radius 1 is 1.19 bits per heavy atom. The molecule has 1 aromatic carbocycles. The third kappa shape index (κ3) is 3.27. The number of phenols is 1. The minimum Gasteiger partial charge on any atom is -0.507 e. The van der Waals surface area contributed by atoms with Gasteiger partial charge in [0.2, 0.25) is 0 Å². The number of hydrogen-bond acceptors (Lipinski definition) is 5. The van der Waals surface area contributed by atoms with Crippen LogP contribution in [0.25, 0.3) is 11.3 Å². The molecule has 2 fully saturated rings. The number of rotatable bonds is 3. The molecular weight excluding hydrogens is 359 g/mol. The highest BCUT2D eigenvalue weighted by Crippen LogP contribution is 2.43. The summed E-state index contributed by atoms with van der Waals surface area (Å²) < 4.78 is 38.3. The smallest absolute Gasteiger partial charge is 0.416 e. The molecule has 2 bridgehead atoms. The second kappa shape index (κ2) is 6.45. The van der Waals surface area contributed by atoms with Gasteiger partial charge in [-0.3, -0.25) is 0 Å². The van der Waals surface area contributed by atoms with Crippen LogP contribution >= 0.6 is 0 Å². The summed E-state index contributed by atoms with van der Waals surface area (Å²) in [5, 5.41) is 32.3. The van der Waals surface area contributed by atoms with Crippen LogP contribution in [0.5, 0.6) is 5.75 Å². The van der Waals surface area contributed by atoms with Crippen LogP contribution in [0.15, 0.2) is 24.3 Å². The van der Waals surface area contributed by atoms with E-state index >= 15 is 0 Å². The summed E-state index contributed by atoms with van der Waals surface area (Å²) in [5.41, 5.74) is 0.622. The number of aliphatic hydroxyl groups is 1. The van der Waals surface area contributed by atoms with Crippen LogP contribution in [-0.4, -0.2) is 33.0 Å². The number of nitrogens with one attached hydrogen (secondary N) is 1. The van der Waals surface area contributed by atoms with E-state index in [0.717, 1.165) is 25.5 Å². The lowest BCUT2D eigenvalue weighted by molar-refractivity contribution is -0.137. The Hall–Kier alpha value is -2.19. The molecule has 0 spiro atoms. The van der Waals surface area contributed by atoms with Crippen molar-refractivity contribution in [1.82, 2.24) is 15.5 Å². The predicted molar refractivity (Wildman–Crippen MR) is 91.8 cm³/mol. The highest BCUT2D eigenvalue weighted by atomic mass is 19.4. The molecule has 1 aliphatic carbocycles. The Morgan fingerprint density at radius 3 is 2.52 bits per heavy atom. The minimum absolute atomic E-state index is 0.0859. The van der Waals surface area contributed by atoms with E-state index in [9.17, 15) is 23.4 Å². The molecule has 5 nitrogen and oxygen atoms in total. The van der Waals surface area contributed by atoms with Crippen LogP contribution in [0.1, 0.15) is 35.8 Å². The number of phenolic OH excluding ortho intramolecular Hbond substituents is 1. The molecule has 27 heavy (non-hydrogen) atoms. The minimum atomic E-state index is -4.53. The highest BCUT2D eigenvalue weighted by Gasteiger charge is 2.43. The molecule has 4 unspecified atom stereocenters. The standard InChI is InChI=1S/C19H20F3N3O2/c1-9-4-15(18(27)13-5-10-6-14(13)23-8-10)24-25-17(9)12-3-2-11(7-16(12)26)19(20,21)22/h2-4,7,10,13-14,18,23,26-27H,5-6,8H2,1H3. The van der Waals surface area contributed by atoms with E-state index in [1.54, 1.807) is 13.0 Å². The molecule has 1 aromatic heterocycles. The molecule has 8 heteroatoms. The zero-order chi connectivity index (χ0) is 19.3. The topological polar surface area (TPSA) is 78.3 Å². The molecule has 2 heterocycles. The lowest BCUT2D eigenvalue weighted by Crippen LogP contribution is -2.36. The Kier molecular flexibility index (Phi) is 4.35. The fraction of sp³-hybridized carbons (Fsp3) is 0.474. The fourth-order valence-corrected chi connectivity index (χ4v) is 4.29. The Bertz CT molecular complexity index is 872. The quantitative estimate of drug-likeness (QED) is 0.763. The average Bonchev–Trinajstić information content (AvgIpc) is 3.24. The summed E-state index contributed by atoms with van der Waals surface area (Å²) in [6.07, 6.45) is -3.26. The summed E-state index contributed by atoms with van der Waals surface area (Å²) >= 11 is 0. The van der Waals surface area contributed by atoms with Crippen LogP contribution in [-0.2, 0) is 6.18 Å². The van der Waals surface area contributed by atoms with Crippen molar-refractivity contribution in [1.29, 1.82) is 0 Å². The molecule has 0 amide bonds. The Labute approximate surface area is 154 Å². The number of aryl methyl sites for hydroxylation is 1. The molecule has 144 valence electrons. The van der Waals surface area contributed by atoms with Gasteiger partial charge in [-0.05, 0) is 62.1 Å². The lowest BCUT2D eigenvalue weighted by atomic mass is 9.91. The van der Waals surface area contributed by atoms with Gasteiger partial charge in [0.05, 0.1) is 17.0 Å². The van der Waals surface area contributed by atoms with Crippen LogP contribution in [0.3, 0.4) is 0 Å². The number of aromatic nitrogens is 2. The van der Waals surface area contributed by atoms with Crippen molar-refractivity contribution in [3.05, 3.63) is 41.1 Å². The molecular formula is C19H20F3N3O2. The van der Waals surface area contributed by atoms with E-state index in [-0.39, 0.29) is 17.5 Å². The Morgan fingerprint density at radius 2 is 1.96 bits per heavy atom. The number of hydrogen-bond donors (Lipinski definition) is 3. The summed E-state index contributed by atoms with van der Waals surface area (Å²) in [7, 11) is 0. The number of aromatic hydroxyl groups is 1. The van der Waals surface area contributed by atoms with Crippen LogP contribution in [0.2, 0.25) is 0 Å². The van der Waals surface area contributed by atoms with Gasteiger partial charge >= 0.3 is 6.18 Å². The molecule has 3 N–H and O–H groups in total. The number of benzene rings is 1. The summed E-state index contributed by atoms with van der Waals surface area (Å²) in [4.78, 5) is 0. The summed E-state index contributed by atoms with van der Waals surface area (Å²) in [6, 6.07) is 4.74. The molecule has 1 saturated carbocycles. The maximum absolute atomic E-state index is 12.8. The monoisotopic (exact) mass is 379 g/mol. The second-order valence-electron chi connectivity index (χ2n) is 7.49. The van der Waals surface area contributed by atoms with E-state index in [2.05, 4.69) is 15.5 Å². The SMILES string of the molecule is Cc1cc(C(O)C2CC3CNC2C3)nnc1-c1ccc(C(F)(F)F)cc1O. The molecule has 1 aliphatic heterocycles. The van der Waals surface area contributed by atoms with Gasteiger partial charge in [0.1, 0.15) is 11.9 Å². The predicted octanol–water partition coefficient (Wildman–Crippen LogP) is 3.21. The van der Waals surface area contributed by atoms with Crippen molar-refractivity contribution in [2.24, 2.45) is 11.8 Å². The zero-order valence-corrected chi connectivity index (χ0v) is 14.7. The fourth-order valence-electron chi connectivity index (χ4n) is 4.29. The number of aliphatic hydroxyl groups excluding tert-OH is 1. The normalized spacial score (nSPS) is 25.7. The average molecular weight is 379 g/mol. The van der Waals surface area contributed by atoms with Crippen molar-refractivity contribution in [3.63, 3.8) is 0 Å². The number of alkyl halides is 3. The first kappa shape index (κ1) is 18.2. The molecule has 1 saturated heterocycles. The third-order valence-corrected chi connectivity index (χ3v) is 5.67. The van der Waals surface area contributed by atoms with Gasteiger partial charge < -0.3 is 15.5 Å². The van der Waals surface area contributed by atoms with Gasteiger partial charge in [-0.2, -0.15) is 18.3 Å². The van der Waals surface area contributed by atoms with Crippen molar-refractivity contribution in [2.75, 3.05) is 6.54 Å². The highest BCUT2D eigenvalue weighted by molar-refractivity contribution is 5.69. The summed E-state index contributed by atoms with van der Waals surface area (Å²) in [5.74, 6) is 0.169. The zero-order valence-electron chi connectivity index (χ0n) is 14.7. The van der Waals surface area contributed by atoms with Gasteiger partial charge in [-0.1, -0.05) is 0 Å². The van der Waals surface area contributed by atoms with Gasteiger partial charge in [0.15, 0.2) is 0 Å². The molecule has 0 radical (unpaired) electrons. The van der Waals surface area contributed by atoms with Crippen LogP contribution in [0.4, 0.5) is 13.2 Å². The molecule has 2 aromatic rings. The largest absolute Gasteiger partial charge is 0.507 e. The molecule has 4 atom stereocenters. The molecule has 2 aliphatic rings. The van der Waals surface area contributed by atoms with Crippen molar-refractivity contribution in [3.8, 4) is 17.0 Å². The van der Waals surface area contributed by atoms with E-state index < -0.39 is 23.6 Å². The van der Waals surface area contributed by atoms with E-state index in [0.29, 0.717) is 28.9 Å². The number of piperidine rings is 1. The maximum atomic E-state index is 12.8. The number of nitrogens with zero attached hydrogens (tertiary/aromatic N) is 2. The first-order valence-corrected chi connectivity index (χ1v) is 8.90. The number of halogens is 3. The lowest BCUT2D eigenvalue weighted by Gasteiger charge is -2.27. The van der Waals surface area contributed by atoms with Crippen molar-refractivity contribution >= 4 is 0 Å². The Balaban J connectivity index is 1.61. The van der Waals surface area contributed by atoms with E-state index in [1.807, 2.05) is 0 Å². The first-order chi connectivity index (χ1) is 12.7. The molecule has 4 rings (SSSR count). The van der Waals surface area contributed by atoms with Crippen LogP contribution in [0, 0.1) is 18.8 Å². The number of fused-ring (bicyclic) bond motifs is 2. The van der Waals surface area contributed by atoms with Crippen LogP contribution < -0.4 is 5.32 Å². The van der Waals surface area contributed by atoms with Gasteiger partial charge in [0.25, 0.3) is 0 Å². The summed E-state index contributed by atoms with van der Waals surface area (Å²) in [6.45, 7) is 2.72. The van der Waals surface area contributed by atoms with Gasteiger partial charge in [-0.15, -0.1) is 5.10 Å². The van der Waals surface area contributed by atoms with Crippen molar-refractivity contribution < 1.29 is 23.4 Å². The van der Waals surface area contributed by atoms with Crippen molar-refractivity contribution in [2.45, 2.75) is 38.1 Å². The van der Waals surface area contributed by atoms with E-state index in [4.69, 9.17) is 0 Å². The second-order valence-corrected chi connectivity index (χ2v) is 7.49. The van der Waals surface area contributed by atoms with Gasteiger partial charge in [-0.25, -0.2) is 0 Å².